The molecule has 2 unspecified atom stereocenters. The summed E-state index contributed by atoms with van der Waals surface area (Å²) in [6.07, 6.45) is 3.83. The highest BCUT2D eigenvalue weighted by Gasteiger charge is 2.40. The Kier molecular flexibility index (Phi) is 7.72. The van der Waals surface area contributed by atoms with Crippen molar-refractivity contribution in [2.45, 2.75) is 44.1 Å². The number of nitrogens with two attached hydrogens (primary N) is 1. The molecule has 1 aromatic heterocycles. The van der Waals surface area contributed by atoms with Gasteiger partial charge in [-0.2, -0.15) is 0 Å². The summed E-state index contributed by atoms with van der Waals surface area (Å²) >= 11 is 0. The van der Waals surface area contributed by atoms with Gasteiger partial charge in [0.05, 0.1) is 6.04 Å². The van der Waals surface area contributed by atoms with E-state index in [0.717, 1.165) is 22.9 Å². The van der Waals surface area contributed by atoms with Crippen molar-refractivity contribution >= 4 is 40.3 Å². The van der Waals surface area contributed by atoms with Crippen molar-refractivity contribution in [1.29, 1.82) is 0 Å². The molecule has 170 valence electrons. The fourth-order valence-electron chi connectivity index (χ4n) is 3.65. The van der Waals surface area contributed by atoms with Gasteiger partial charge < -0.3 is 21.1 Å². The van der Waals surface area contributed by atoms with Crippen molar-refractivity contribution in [2.75, 3.05) is 13.1 Å². The maximum atomic E-state index is 12.4. The number of aromatic nitrogens is 1. The Labute approximate surface area is 184 Å². The largest absolute Gasteiger partial charge is 0.481 e. The number of imide groups is 1. The maximum absolute atomic E-state index is 12.4. The molecule has 32 heavy (non-hydrogen) atoms. The number of nitrogens with zero attached hydrogens (tertiary/aromatic N) is 1. The van der Waals surface area contributed by atoms with Crippen LogP contribution < -0.4 is 16.4 Å². The van der Waals surface area contributed by atoms with E-state index in [9.17, 15) is 19.2 Å². The van der Waals surface area contributed by atoms with Crippen LogP contribution in [0.2, 0.25) is 0 Å². The molecule has 0 radical (unpaired) electrons. The van der Waals surface area contributed by atoms with Crippen molar-refractivity contribution in [3.05, 3.63) is 36.0 Å². The van der Waals surface area contributed by atoms with Crippen LogP contribution in [-0.2, 0) is 19.2 Å². The number of aliphatic imine (C=N–C) groups is 1. The number of carboxylic acids is 1. The van der Waals surface area contributed by atoms with Crippen molar-refractivity contribution in [3.8, 4) is 0 Å². The molecular weight excluding hydrogens is 414 g/mol. The summed E-state index contributed by atoms with van der Waals surface area (Å²) in [5.74, 6) is -2.92. The van der Waals surface area contributed by atoms with Gasteiger partial charge in [0, 0.05) is 36.6 Å². The van der Waals surface area contributed by atoms with E-state index < -0.39 is 23.8 Å². The van der Waals surface area contributed by atoms with E-state index in [-0.39, 0.29) is 30.4 Å². The van der Waals surface area contributed by atoms with Gasteiger partial charge in [0.25, 0.3) is 5.91 Å². The van der Waals surface area contributed by atoms with E-state index in [1.54, 1.807) is 6.20 Å². The Morgan fingerprint density at radius 1 is 1.19 bits per heavy atom. The van der Waals surface area contributed by atoms with Crippen LogP contribution in [-0.4, -0.2) is 58.6 Å². The van der Waals surface area contributed by atoms with E-state index in [2.05, 4.69) is 20.6 Å². The van der Waals surface area contributed by atoms with Crippen LogP contribution in [0.5, 0.6) is 0 Å². The number of aliphatic carboxylic acids is 1. The Morgan fingerprint density at radius 2 is 1.97 bits per heavy atom. The van der Waals surface area contributed by atoms with Crippen molar-refractivity contribution in [3.63, 3.8) is 0 Å². The molecule has 10 heteroatoms. The van der Waals surface area contributed by atoms with Crippen LogP contribution in [0.3, 0.4) is 0 Å². The lowest BCUT2D eigenvalue weighted by Gasteiger charge is -2.11. The van der Waals surface area contributed by atoms with Crippen molar-refractivity contribution in [1.82, 2.24) is 15.6 Å². The predicted molar refractivity (Wildman–Crippen MR) is 118 cm³/mol. The average Bonchev–Trinajstić information content (AvgIpc) is 3.30. The number of hydrogen-bond donors (Lipinski definition) is 5. The summed E-state index contributed by atoms with van der Waals surface area (Å²) in [4.78, 5) is 54.5. The Hall–Kier alpha value is -3.53. The molecule has 3 rings (SSSR count). The molecule has 1 aliphatic rings. The molecule has 6 N–H and O–H groups in total. The summed E-state index contributed by atoms with van der Waals surface area (Å²) in [7, 11) is 0. The van der Waals surface area contributed by atoms with Gasteiger partial charge in [-0.1, -0.05) is 18.2 Å². The van der Waals surface area contributed by atoms with Crippen molar-refractivity contribution in [2.24, 2.45) is 10.7 Å². The standard InChI is InChI=1S/C22H27N5O5/c23-15(8-9-17(28)29)20(30)25-11-5-1-4-10-24-19-18(21(31)27-22(19)32)14-12-26-16-7-3-2-6-13(14)16/h2-3,6-7,12,15,18,26H,1,4-5,8-11,23H2,(H,25,30)(H,28,29)(H,27,31,32). The molecule has 0 aliphatic carbocycles. The van der Waals surface area contributed by atoms with E-state index >= 15 is 0 Å². The lowest BCUT2D eigenvalue weighted by Crippen LogP contribution is -2.41. The zero-order chi connectivity index (χ0) is 23.1. The molecule has 3 amide bonds. The summed E-state index contributed by atoms with van der Waals surface area (Å²) in [5, 5.41) is 14.5. The van der Waals surface area contributed by atoms with Gasteiger partial charge >= 0.3 is 5.97 Å². The first kappa shape index (κ1) is 23.1. The van der Waals surface area contributed by atoms with E-state index in [1.807, 2.05) is 24.3 Å². The molecule has 1 fully saturated rings. The summed E-state index contributed by atoms with van der Waals surface area (Å²) in [6.45, 7) is 0.814. The van der Waals surface area contributed by atoms with Crippen LogP contribution in [0.4, 0.5) is 0 Å². The lowest BCUT2D eigenvalue weighted by molar-refractivity contribution is -0.137. The number of aromatic amines is 1. The topological polar surface area (TPSA) is 167 Å². The molecule has 10 nitrogen and oxygen atoms in total. The molecule has 1 aromatic carbocycles. The third kappa shape index (κ3) is 5.58. The zero-order valence-corrected chi connectivity index (χ0v) is 17.6. The number of rotatable bonds is 11. The second-order valence-electron chi connectivity index (χ2n) is 7.70. The molecular formula is C22H27N5O5. The van der Waals surface area contributed by atoms with Gasteiger partial charge in [0.15, 0.2) is 0 Å². The predicted octanol–water partition coefficient (Wildman–Crippen LogP) is 0.828. The molecule has 2 atom stereocenters. The van der Waals surface area contributed by atoms with Crippen molar-refractivity contribution < 1.29 is 24.3 Å². The monoisotopic (exact) mass is 441 g/mol. The maximum Gasteiger partial charge on any atom is 0.303 e. The van der Waals surface area contributed by atoms with Crippen LogP contribution in [0.25, 0.3) is 10.9 Å². The molecule has 2 heterocycles. The van der Waals surface area contributed by atoms with Gasteiger partial charge in [-0.25, -0.2) is 0 Å². The number of unbranched alkanes of at least 4 members (excludes halogenated alkanes) is 2. The SMILES string of the molecule is NC(CCC(=O)O)C(=O)NCCCCCN=C1C(=O)NC(=O)C1c1c[nH]c2ccccc12. The zero-order valence-electron chi connectivity index (χ0n) is 17.6. The number of amides is 3. The van der Waals surface area contributed by atoms with Crippen LogP contribution >= 0.6 is 0 Å². The fraction of sp³-hybridized carbons (Fsp3) is 0.409. The van der Waals surface area contributed by atoms with Gasteiger partial charge in [0.1, 0.15) is 11.6 Å². The van der Waals surface area contributed by atoms with E-state index in [1.165, 1.54) is 0 Å². The fourth-order valence-corrected chi connectivity index (χ4v) is 3.65. The Morgan fingerprint density at radius 3 is 2.75 bits per heavy atom. The van der Waals surface area contributed by atoms with E-state index in [4.69, 9.17) is 10.8 Å². The number of benzene rings is 1. The lowest BCUT2D eigenvalue weighted by atomic mass is 9.95. The number of nitrogens with one attached hydrogen (secondary N) is 3. The van der Waals surface area contributed by atoms with Gasteiger partial charge in [-0.3, -0.25) is 29.5 Å². The molecule has 0 spiro atoms. The van der Waals surface area contributed by atoms with Crippen LogP contribution in [0.15, 0.2) is 35.5 Å². The molecule has 1 saturated heterocycles. The van der Waals surface area contributed by atoms with Crippen LogP contribution in [0, 0.1) is 0 Å². The number of H-pyrrole nitrogens is 1. The number of carbonyl (C=O) groups excluding carboxylic acids is 3. The first-order valence-corrected chi connectivity index (χ1v) is 10.6. The van der Waals surface area contributed by atoms with Gasteiger partial charge in [-0.15, -0.1) is 0 Å². The summed E-state index contributed by atoms with van der Waals surface area (Å²) in [6, 6.07) is 6.74. The first-order valence-electron chi connectivity index (χ1n) is 10.6. The van der Waals surface area contributed by atoms with E-state index in [0.29, 0.717) is 25.9 Å². The number of hydrogen-bond acceptors (Lipinski definition) is 6. The Bertz CT molecular complexity index is 1040. The highest BCUT2D eigenvalue weighted by Crippen LogP contribution is 2.29. The second-order valence-corrected chi connectivity index (χ2v) is 7.70. The third-order valence-corrected chi connectivity index (χ3v) is 5.36. The quantitative estimate of drug-likeness (QED) is 0.256. The minimum absolute atomic E-state index is 0.0943. The second kappa shape index (κ2) is 10.7. The molecule has 0 bridgehead atoms. The summed E-state index contributed by atoms with van der Waals surface area (Å²) in [5.41, 5.74) is 7.48. The third-order valence-electron chi connectivity index (χ3n) is 5.36. The highest BCUT2D eigenvalue weighted by atomic mass is 16.4. The Balaban J connectivity index is 1.47. The number of fused-ring (bicyclic) bond motifs is 1. The summed E-state index contributed by atoms with van der Waals surface area (Å²) < 4.78 is 0. The minimum Gasteiger partial charge on any atom is -0.481 e. The average molecular weight is 441 g/mol. The normalized spacial score (nSPS) is 18.2. The number of carboxylic acid groups (broad SMARTS) is 1. The van der Waals surface area contributed by atoms with Crippen LogP contribution in [0.1, 0.15) is 43.6 Å². The smallest absolute Gasteiger partial charge is 0.303 e. The molecule has 2 aromatic rings. The first-order chi connectivity index (χ1) is 15.4. The number of carbonyl (C=O) groups is 4. The molecule has 1 aliphatic heterocycles. The number of para-hydroxylation sites is 1. The minimum atomic E-state index is -0.987. The highest BCUT2D eigenvalue weighted by molar-refractivity contribution is 6.52. The van der Waals surface area contributed by atoms with Gasteiger partial charge in [0.2, 0.25) is 11.8 Å². The van der Waals surface area contributed by atoms with Gasteiger partial charge in [-0.05, 0) is 37.3 Å². The molecule has 0 saturated carbocycles.